The fraction of sp³-hybridized carbons (Fsp3) is 0.217. The molecule has 1 N–H and O–H groups in total. The summed E-state index contributed by atoms with van der Waals surface area (Å²) in [5.41, 5.74) is 2.75. The molecule has 0 aliphatic carbocycles. The number of ether oxygens (including phenoxy) is 1. The van der Waals surface area contributed by atoms with Gasteiger partial charge in [0, 0.05) is 13.1 Å². The molecule has 0 bridgehead atoms. The highest BCUT2D eigenvalue weighted by atomic mass is 16.5. The second kappa shape index (κ2) is 9.17. The first kappa shape index (κ1) is 21.0. The van der Waals surface area contributed by atoms with E-state index < -0.39 is 30.3 Å². The number of benzene rings is 2. The van der Waals surface area contributed by atoms with E-state index in [1.54, 1.807) is 0 Å². The van der Waals surface area contributed by atoms with Gasteiger partial charge in [0.15, 0.2) is 6.61 Å². The van der Waals surface area contributed by atoms with Gasteiger partial charge in [-0.2, -0.15) is 0 Å². The molecule has 2 aromatic carbocycles. The lowest BCUT2D eigenvalue weighted by atomic mass is 10.1. The number of nitrogens with one attached hydrogen (secondary N) is 1. The van der Waals surface area contributed by atoms with E-state index in [2.05, 4.69) is 11.9 Å². The maximum Gasteiger partial charge on any atom is 0.338 e. The Hall–Kier alpha value is -3.74. The lowest BCUT2D eigenvalue weighted by Gasteiger charge is -2.09. The average molecular weight is 406 g/mol. The number of carbonyl (C=O) groups excluding carboxylic acids is 4. The molecule has 0 saturated carbocycles. The van der Waals surface area contributed by atoms with Crippen molar-refractivity contribution in [3.05, 3.63) is 82.9 Å². The second-order valence-corrected chi connectivity index (χ2v) is 6.87. The van der Waals surface area contributed by atoms with E-state index in [9.17, 15) is 19.2 Å². The fourth-order valence-corrected chi connectivity index (χ4v) is 3.21. The average Bonchev–Trinajstić information content (AvgIpc) is 2.98. The number of rotatable bonds is 8. The summed E-state index contributed by atoms with van der Waals surface area (Å²) >= 11 is 0. The van der Waals surface area contributed by atoms with Gasteiger partial charge >= 0.3 is 5.97 Å². The van der Waals surface area contributed by atoms with Crippen molar-refractivity contribution in [3.63, 3.8) is 0 Å². The summed E-state index contributed by atoms with van der Waals surface area (Å²) in [5, 5.41) is 2.71. The summed E-state index contributed by atoms with van der Waals surface area (Å²) in [6.07, 6.45) is 2.13. The Morgan fingerprint density at radius 3 is 2.57 bits per heavy atom. The van der Waals surface area contributed by atoms with Crippen LogP contribution in [0.15, 0.2) is 55.1 Å². The largest absolute Gasteiger partial charge is 0.452 e. The number of amides is 3. The normalized spacial score (nSPS) is 12.5. The van der Waals surface area contributed by atoms with Crippen molar-refractivity contribution in [1.82, 2.24) is 10.2 Å². The molecule has 1 aliphatic heterocycles. The molecule has 0 aromatic heterocycles. The molecule has 0 fully saturated rings. The molecule has 3 rings (SSSR count). The van der Waals surface area contributed by atoms with E-state index in [0.29, 0.717) is 13.0 Å². The smallest absolute Gasteiger partial charge is 0.338 e. The Morgan fingerprint density at radius 2 is 1.83 bits per heavy atom. The molecule has 3 amide bonds. The lowest BCUT2D eigenvalue weighted by Crippen LogP contribution is -2.30. The molecule has 154 valence electrons. The molecule has 0 saturated heterocycles. The maximum atomic E-state index is 12.3. The lowest BCUT2D eigenvalue weighted by molar-refractivity contribution is -0.124. The predicted octanol–water partition coefficient (Wildman–Crippen LogP) is 2.29. The van der Waals surface area contributed by atoms with Gasteiger partial charge in [0.2, 0.25) is 0 Å². The van der Waals surface area contributed by atoms with Crippen LogP contribution in [0.5, 0.6) is 0 Å². The number of aryl methyl sites for hydroxylation is 1. The van der Waals surface area contributed by atoms with Crippen LogP contribution < -0.4 is 5.32 Å². The highest BCUT2D eigenvalue weighted by Gasteiger charge is 2.35. The summed E-state index contributed by atoms with van der Waals surface area (Å²) < 4.78 is 5.04. The van der Waals surface area contributed by atoms with Gasteiger partial charge in [-0.15, -0.1) is 6.58 Å². The molecule has 1 heterocycles. The van der Waals surface area contributed by atoms with Crippen molar-refractivity contribution < 1.29 is 23.9 Å². The molecule has 0 atom stereocenters. The first-order valence-corrected chi connectivity index (χ1v) is 9.52. The van der Waals surface area contributed by atoms with Crippen LogP contribution in [0, 0.1) is 6.92 Å². The minimum atomic E-state index is -0.741. The SMILES string of the molecule is C=CCN1C(=O)c2ccc(C(=O)OCC(=O)NCCc3ccccc3C)cc2C1=O. The Balaban J connectivity index is 1.53. The van der Waals surface area contributed by atoms with Crippen LogP contribution in [0.1, 0.15) is 42.2 Å². The van der Waals surface area contributed by atoms with Crippen LogP contribution in [-0.4, -0.2) is 48.3 Å². The van der Waals surface area contributed by atoms with Crippen molar-refractivity contribution in [2.45, 2.75) is 13.3 Å². The maximum absolute atomic E-state index is 12.3. The number of esters is 1. The molecule has 7 nitrogen and oxygen atoms in total. The van der Waals surface area contributed by atoms with Crippen LogP contribution in [0.25, 0.3) is 0 Å². The zero-order chi connectivity index (χ0) is 21.7. The molecule has 0 radical (unpaired) electrons. The van der Waals surface area contributed by atoms with E-state index in [4.69, 9.17) is 4.74 Å². The molecule has 30 heavy (non-hydrogen) atoms. The Morgan fingerprint density at radius 1 is 1.10 bits per heavy atom. The number of nitrogens with zero attached hydrogens (tertiary/aromatic N) is 1. The van der Waals surface area contributed by atoms with Gasteiger partial charge in [-0.05, 0) is 42.7 Å². The standard InChI is InChI=1S/C23H22N2O5/c1-3-12-25-21(27)18-9-8-17(13-19(18)22(25)28)23(29)30-14-20(26)24-11-10-16-7-5-4-6-15(16)2/h3-9,13H,1,10-12,14H2,2H3,(H,24,26). The van der Waals surface area contributed by atoms with E-state index in [-0.39, 0.29) is 23.2 Å². The van der Waals surface area contributed by atoms with Gasteiger partial charge in [-0.1, -0.05) is 30.3 Å². The first-order valence-electron chi connectivity index (χ1n) is 9.52. The Kier molecular flexibility index (Phi) is 6.41. The van der Waals surface area contributed by atoms with Gasteiger partial charge < -0.3 is 10.1 Å². The summed E-state index contributed by atoms with van der Waals surface area (Å²) in [5.74, 6) is -2.07. The van der Waals surface area contributed by atoms with Crippen LogP contribution in [0.3, 0.4) is 0 Å². The molecule has 0 unspecified atom stereocenters. The van der Waals surface area contributed by atoms with Gasteiger partial charge in [0.05, 0.1) is 16.7 Å². The number of carbonyl (C=O) groups is 4. The highest BCUT2D eigenvalue weighted by Crippen LogP contribution is 2.24. The molecule has 7 heteroatoms. The molecule has 1 aliphatic rings. The van der Waals surface area contributed by atoms with Crippen LogP contribution in [-0.2, 0) is 16.0 Å². The van der Waals surface area contributed by atoms with Crippen molar-refractivity contribution >= 4 is 23.7 Å². The number of hydrogen-bond donors (Lipinski definition) is 1. The number of fused-ring (bicyclic) bond motifs is 1. The van der Waals surface area contributed by atoms with E-state index >= 15 is 0 Å². The minimum absolute atomic E-state index is 0.0921. The third-order valence-electron chi connectivity index (χ3n) is 4.83. The van der Waals surface area contributed by atoms with E-state index in [1.807, 2.05) is 31.2 Å². The van der Waals surface area contributed by atoms with Gasteiger partial charge in [0.25, 0.3) is 17.7 Å². The topological polar surface area (TPSA) is 92.8 Å². The summed E-state index contributed by atoms with van der Waals surface area (Å²) in [6.45, 7) is 5.62. The zero-order valence-electron chi connectivity index (χ0n) is 16.6. The van der Waals surface area contributed by atoms with Gasteiger partial charge in [-0.3, -0.25) is 19.3 Å². The first-order chi connectivity index (χ1) is 14.4. The van der Waals surface area contributed by atoms with Crippen molar-refractivity contribution in [2.75, 3.05) is 19.7 Å². The number of hydrogen-bond acceptors (Lipinski definition) is 5. The van der Waals surface area contributed by atoms with Crippen molar-refractivity contribution in [3.8, 4) is 0 Å². The number of imide groups is 1. The monoisotopic (exact) mass is 406 g/mol. The molecule has 2 aromatic rings. The van der Waals surface area contributed by atoms with Gasteiger partial charge in [0.1, 0.15) is 0 Å². The zero-order valence-corrected chi connectivity index (χ0v) is 16.6. The van der Waals surface area contributed by atoms with Crippen LogP contribution in [0.4, 0.5) is 0 Å². The minimum Gasteiger partial charge on any atom is -0.452 e. The summed E-state index contributed by atoms with van der Waals surface area (Å²) in [6, 6.07) is 12.0. The van der Waals surface area contributed by atoms with Crippen molar-refractivity contribution in [2.24, 2.45) is 0 Å². The Bertz CT molecular complexity index is 1030. The summed E-state index contributed by atoms with van der Waals surface area (Å²) in [4.78, 5) is 49.8. The van der Waals surface area contributed by atoms with E-state index in [1.165, 1.54) is 24.3 Å². The molecular formula is C23H22N2O5. The Labute approximate surface area is 174 Å². The third kappa shape index (κ3) is 4.46. The van der Waals surface area contributed by atoms with E-state index in [0.717, 1.165) is 16.0 Å². The summed E-state index contributed by atoms with van der Waals surface area (Å²) in [7, 11) is 0. The van der Waals surface area contributed by atoms with Crippen LogP contribution >= 0.6 is 0 Å². The quantitative estimate of drug-likeness (QED) is 0.413. The highest BCUT2D eigenvalue weighted by molar-refractivity contribution is 6.22. The van der Waals surface area contributed by atoms with Crippen LogP contribution in [0.2, 0.25) is 0 Å². The fourth-order valence-electron chi connectivity index (χ4n) is 3.21. The molecule has 0 spiro atoms. The van der Waals surface area contributed by atoms with Crippen molar-refractivity contribution in [1.29, 1.82) is 0 Å². The predicted molar refractivity (Wildman–Crippen MR) is 110 cm³/mol. The molecular weight excluding hydrogens is 384 g/mol. The second-order valence-electron chi connectivity index (χ2n) is 6.87. The van der Waals surface area contributed by atoms with Gasteiger partial charge in [-0.25, -0.2) is 4.79 Å². The third-order valence-corrected chi connectivity index (χ3v) is 4.83.